The lowest BCUT2D eigenvalue weighted by molar-refractivity contribution is 0.286. The normalized spacial score (nSPS) is 18.7. The number of benzene rings is 2. The van der Waals surface area contributed by atoms with Crippen molar-refractivity contribution in [1.29, 1.82) is 0 Å². The Morgan fingerprint density at radius 3 is 2.85 bits per heavy atom. The SMILES string of the molecule is C#Cc1ccc(C2(CC=C)CCCc3cncn32)c(-c2ccccc2)c1. The van der Waals surface area contributed by atoms with E-state index >= 15 is 0 Å². The zero-order chi connectivity index (χ0) is 18.0. The summed E-state index contributed by atoms with van der Waals surface area (Å²) < 4.78 is 2.36. The van der Waals surface area contributed by atoms with Crippen LogP contribution in [0.3, 0.4) is 0 Å². The third-order valence-electron chi connectivity index (χ3n) is 5.45. The summed E-state index contributed by atoms with van der Waals surface area (Å²) in [6, 6.07) is 16.9. The standard InChI is InChI=1S/C24H22N2/c1-3-14-24(15-8-11-21-17-25-18-26(21)24)23-13-12-19(4-2)16-22(23)20-9-6-5-7-10-20/h2-3,5-7,9-10,12-13,16-18H,1,8,11,14-15H2. The fourth-order valence-electron chi connectivity index (χ4n) is 4.29. The summed E-state index contributed by atoms with van der Waals surface area (Å²) in [7, 11) is 0. The highest BCUT2D eigenvalue weighted by molar-refractivity contribution is 5.71. The van der Waals surface area contributed by atoms with Crippen LogP contribution in [0.5, 0.6) is 0 Å². The monoisotopic (exact) mass is 338 g/mol. The van der Waals surface area contributed by atoms with E-state index in [1.165, 1.54) is 22.4 Å². The summed E-state index contributed by atoms with van der Waals surface area (Å²) in [4.78, 5) is 4.44. The van der Waals surface area contributed by atoms with E-state index in [-0.39, 0.29) is 5.54 Å². The van der Waals surface area contributed by atoms with Gasteiger partial charge in [0.1, 0.15) is 0 Å². The van der Waals surface area contributed by atoms with Gasteiger partial charge in [0.25, 0.3) is 0 Å². The van der Waals surface area contributed by atoms with Crippen molar-refractivity contribution in [2.75, 3.05) is 0 Å². The lowest BCUT2D eigenvalue weighted by Crippen LogP contribution is -2.38. The molecule has 1 unspecified atom stereocenters. The average molecular weight is 338 g/mol. The fourth-order valence-corrected chi connectivity index (χ4v) is 4.29. The molecule has 0 saturated carbocycles. The summed E-state index contributed by atoms with van der Waals surface area (Å²) in [6.07, 6.45) is 15.8. The fraction of sp³-hybridized carbons (Fsp3) is 0.208. The summed E-state index contributed by atoms with van der Waals surface area (Å²) in [6.45, 7) is 4.05. The second kappa shape index (κ2) is 6.69. The van der Waals surface area contributed by atoms with E-state index in [4.69, 9.17) is 6.42 Å². The molecule has 3 aromatic rings. The predicted molar refractivity (Wildman–Crippen MR) is 107 cm³/mol. The van der Waals surface area contributed by atoms with Gasteiger partial charge in [0.2, 0.25) is 0 Å². The van der Waals surface area contributed by atoms with Crippen molar-refractivity contribution < 1.29 is 0 Å². The molecule has 1 aromatic heterocycles. The smallest absolute Gasteiger partial charge is 0.0956 e. The van der Waals surface area contributed by atoms with Gasteiger partial charge < -0.3 is 4.57 Å². The molecule has 0 saturated heterocycles. The summed E-state index contributed by atoms with van der Waals surface area (Å²) in [5.41, 5.74) is 5.71. The van der Waals surface area contributed by atoms with Crippen LogP contribution in [-0.2, 0) is 12.0 Å². The number of hydrogen-bond donors (Lipinski definition) is 0. The van der Waals surface area contributed by atoms with Gasteiger partial charge in [-0.25, -0.2) is 4.98 Å². The molecule has 0 N–H and O–H groups in total. The van der Waals surface area contributed by atoms with Crippen molar-refractivity contribution in [3.8, 4) is 23.5 Å². The van der Waals surface area contributed by atoms with Gasteiger partial charge in [-0.05, 0) is 54.5 Å². The first-order chi connectivity index (χ1) is 12.8. The molecule has 26 heavy (non-hydrogen) atoms. The Bertz CT molecular complexity index is 975. The minimum atomic E-state index is -0.163. The lowest BCUT2D eigenvalue weighted by atomic mass is 9.75. The maximum atomic E-state index is 5.70. The van der Waals surface area contributed by atoms with Gasteiger partial charge in [0.05, 0.1) is 11.9 Å². The molecule has 0 fully saturated rings. The molecule has 0 radical (unpaired) electrons. The quantitative estimate of drug-likeness (QED) is 0.473. The van der Waals surface area contributed by atoms with Crippen LogP contribution in [0.2, 0.25) is 0 Å². The van der Waals surface area contributed by atoms with Crippen LogP contribution in [0.4, 0.5) is 0 Å². The Morgan fingerprint density at radius 2 is 2.08 bits per heavy atom. The number of rotatable bonds is 4. The molecule has 1 aliphatic heterocycles. The minimum absolute atomic E-state index is 0.163. The number of allylic oxidation sites excluding steroid dienone is 1. The Kier molecular flexibility index (Phi) is 4.22. The highest BCUT2D eigenvalue weighted by atomic mass is 15.1. The maximum Gasteiger partial charge on any atom is 0.0956 e. The second-order valence-corrected chi connectivity index (χ2v) is 6.90. The van der Waals surface area contributed by atoms with Crippen molar-refractivity contribution in [1.82, 2.24) is 9.55 Å². The topological polar surface area (TPSA) is 17.8 Å². The van der Waals surface area contributed by atoms with Gasteiger partial charge in [-0.15, -0.1) is 13.0 Å². The number of nitrogens with zero attached hydrogens (tertiary/aromatic N) is 2. The first-order valence-corrected chi connectivity index (χ1v) is 9.08. The molecule has 2 heteroatoms. The number of hydrogen-bond acceptors (Lipinski definition) is 1. The molecule has 2 nitrogen and oxygen atoms in total. The lowest BCUT2D eigenvalue weighted by Gasteiger charge is -2.41. The molecule has 1 aliphatic rings. The molecule has 0 spiro atoms. The highest BCUT2D eigenvalue weighted by Gasteiger charge is 2.38. The van der Waals surface area contributed by atoms with Crippen LogP contribution < -0.4 is 0 Å². The van der Waals surface area contributed by atoms with Crippen molar-refractivity contribution in [3.05, 3.63) is 90.5 Å². The van der Waals surface area contributed by atoms with Crippen LogP contribution in [-0.4, -0.2) is 9.55 Å². The molecule has 2 heterocycles. The molecule has 0 bridgehead atoms. The van der Waals surface area contributed by atoms with Gasteiger partial charge in [0.15, 0.2) is 0 Å². The van der Waals surface area contributed by atoms with Gasteiger partial charge in [0, 0.05) is 17.5 Å². The van der Waals surface area contributed by atoms with Gasteiger partial charge in [-0.3, -0.25) is 0 Å². The first kappa shape index (κ1) is 16.4. The Hall–Kier alpha value is -3.05. The average Bonchev–Trinajstić information content (AvgIpc) is 3.18. The van der Waals surface area contributed by atoms with E-state index in [9.17, 15) is 0 Å². The number of imidazole rings is 1. The number of terminal acetylenes is 1. The van der Waals surface area contributed by atoms with Crippen LogP contribution in [0, 0.1) is 12.3 Å². The molecular formula is C24H22N2. The minimum Gasteiger partial charge on any atom is -0.324 e. The second-order valence-electron chi connectivity index (χ2n) is 6.90. The third kappa shape index (κ3) is 2.57. The van der Waals surface area contributed by atoms with E-state index in [1.54, 1.807) is 0 Å². The third-order valence-corrected chi connectivity index (χ3v) is 5.45. The Labute approximate surface area is 155 Å². The number of fused-ring (bicyclic) bond motifs is 1. The van der Waals surface area contributed by atoms with E-state index in [2.05, 4.69) is 64.5 Å². The summed E-state index contributed by atoms with van der Waals surface area (Å²) in [5.74, 6) is 2.79. The zero-order valence-corrected chi connectivity index (χ0v) is 14.9. The Morgan fingerprint density at radius 1 is 1.23 bits per heavy atom. The van der Waals surface area contributed by atoms with E-state index in [0.717, 1.165) is 31.2 Å². The van der Waals surface area contributed by atoms with Gasteiger partial charge >= 0.3 is 0 Å². The van der Waals surface area contributed by atoms with Crippen LogP contribution in [0.15, 0.2) is 73.7 Å². The van der Waals surface area contributed by atoms with Crippen molar-refractivity contribution in [2.24, 2.45) is 0 Å². The molecule has 0 amide bonds. The molecule has 4 rings (SSSR count). The number of aryl methyl sites for hydroxylation is 1. The number of aromatic nitrogens is 2. The van der Waals surface area contributed by atoms with E-state index < -0.39 is 0 Å². The largest absolute Gasteiger partial charge is 0.324 e. The summed E-state index contributed by atoms with van der Waals surface area (Å²) in [5, 5.41) is 0. The first-order valence-electron chi connectivity index (χ1n) is 9.08. The van der Waals surface area contributed by atoms with Crippen molar-refractivity contribution >= 4 is 0 Å². The molecule has 0 aliphatic carbocycles. The zero-order valence-electron chi connectivity index (χ0n) is 14.9. The van der Waals surface area contributed by atoms with Gasteiger partial charge in [-0.2, -0.15) is 0 Å². The predicted octanol–water partition coefficient (Wildman–Crippen LogP) is 5.19. The summed E-state index contributed by atoms with van der Waals surface area (Å²) >= 11 is 0. The van der Waals surface area contributed by atoms with Gasteiger partial charge in [-0.1, -0.05) is 48.4 Å². The molecular weight excluding hydrogens is 316 g/mol. The molecule has 1 atom stereocenters. The molecule has 2 aromatic carbocycles. The molecule has 128 valence electrons. The Balaban J connectivity index is 2.00. The maximum absolute atomic E-state index is 5.70. The van der Waals surface area contributed by atoms with Crippen molar-refractivity contribution in [3.63, 3.8) is 0 Å². The van der Waals surface area contributed by atoms with Crippen molar-refractivity contribution in [2.45, 2.75) is 31.2 Å². The highest BCUT2D eigenvalue weighted by Crippen LogP contribution is 2.44. The van der Waals surface area contributed by atoms with E-state index in [0.29, 0.717) is 0 Å². The van der Waals surface area contributed by atoms with E-state index in [1.807, 2.05) is 24.7 Å². The van der Waals surface area contributed by atoms with Crippen LogP contribution >= 0.6 is 0 Å². The van der Waals surface area contributed by atoms with Crippen LogP contribution in [0.25, 0.3) is 11.1 Å². The van der Waals surface area contributed by atoms with Crippen LogP contribution in [0.1, 0.15) is 36.1 Å².